The number of fused-ring (bicyclic) bond motifs is 2. The summed E-state index contributed by atoms with van der Waals surface area (Å²) < 4.78 is 0. The summed E-state index contributed by atoms with van der Waals surface area (Å²) in [7, 11) is 0. The van der Waals surface area contributed by atoms with Gasteiger partial charge in [0.1, 0.15) is 0 Å². The minimum atomic E-state index is 0.313. The van der Waals surface area contributed by atoms with Crippen molar-refractivity contribution in [1.82, 2.24) is 0 Å². The SMILES string of the molecule is CC1(C)[C@@H]2CC[C@@]1(C)/C(=C/C#N)C2. The highest BCUT2D eigenvalue weighted by molar-refractivity contribution is 5.32. The Hall–Kier alpha value is -0.770. The Morgan fingerprint density at radius 2 is 2.15 bits per heavy atom. The second-order valence-corrected chi connectivity index (χ2v) is 5.29. The molecule has 2 rings (SSSR count). The van der Waals surface area contributed by atoms with E-state index in [4.69, 9.17) is 5.26 Å². The molecule has 1 heteroatoms. The van der Waals surface area contributed by atoms with Crippen LogP contribution in [0.5, 0.6) is 0 Å². The Kier molecular flexibility index (Phi) is 1.61. The molecule has 0 N–H and O–H groups in total. The molecule has 2 bridgehead atoms. The monoisotopic (exact) mass is 175 g/mol. The zero-order valence-corrected chi connectivity index (χ0v) is 8.72. The predicted octanol–water partition coefficient (Wildman–Crippen LogP) is 3.28. The molecule has 1 nitrogen and oxygen atoms in total. The highest BCUT2D eigenvalue weighted by atomic mass is 14.6. The van der Waals surface area contributed by atoms with Crippen molar-refractivity contribution in [3.63, 3.8) is 0 Å². The maximum absolute atomic E-state index is 8.71. The van der Waals surface area contributed by atoms with Gasteiger partial charge in [0.15, 0.2) is 0 Å². The van der Waals surface area contributed by atoms with Gasteiger partial charge in [-0.15, -0.1) is 0 Å². The van der Waals surface area contributed by atoms with Crippen LogP contribution in [0.15, 0.2) is 11.6 Å². The normalized spacial score (nSPS) is 43.8. The molecule has 13 heavy (non-hydrogen) atoms. The average Bonchev–Trinajstić information content (AvgIpc) is 2.37. The lowest BCUT2D eigenvalue weighted by Gasteiger charge is -2.35. The summed E-state index contributed by atoms with van der Waals surface area (Å²) in [5.74, 6) is 0.817. The van der Waals surface area contributed by atoms with Crippen LogP contribution in [0.3, 0.4) is 0 Å². The Morgan fingerprint density at radius 1 is 1.46 bits per heavy atom. The third-order valence-corrected chi connectivity index (χ3v) is 4.85. The summed E-state index contributed by atoms with van der Waals surface area (Å²) in [5, 5.41) is 8.71. The molecule has 0 spiro atoms. The van der Waals surface area contributed by atoms with Gasteiger partial charge in [-0.2, -0.15) is 5.26 Å². The van der Waals surface area contributed by atoms with Crippen molar-refractivity contribution in [3.8, 4) is 6.07 Å². The number of rotatable bonds is 0. The molecule has 2 atom stereocenters. The highest BCUT2D eigenvalue weighted by Crippen LogP contribution is 2.67. The van der Waals surface area contributed by atoms with E-state index in [1.54, 1.807) is 6.08 Å². The van der Waals surface area contributed by atoms with Gasteiger partial charge >= 0.3 is 0 Å². The molecule has 0 aromatic rings. The van der Waals surface area contributed by atoms with Crippen LogP contribution in [0.4, 0.5) is 0 Å². The molecule has 0 unspecified atom stereocenters. The van der Waals surface area contributed by atoms with Crippen LogP contribution >= 0.6 is 0 Å². The molecule has 2 aliphatic rings. The molecule has 0 saturated heterocycles. The quantitative estimate of drug-likeness (QED) is 0.518. The molecule has 0 heterocycles. The third kappa shape index (κ3) is 0.866. The first-order valence-corrected chi connectivity index (χ1v) is 5.11. The summed E-state index contributed by atoms with van der Waals surface area (Å²) in [6.07, 6.45) is 5.59. The predicted molar refractivity (Wildman–Crippen MR) is 52.9 cm³/mol. The molecule has 0 radical (unpaired) electrons. The van der Waals surface area contributed by atoms with Gasteiger partial charge < -0.3 is 0 Å². The first-order chi connectivity index (χ1) is 6.02. The maximum Gasteiger partial charge on any atom is 0.0911 e. The van der Waals surface area contributed by atoms with E-state index >= 15 is 0 Å². The van der Waals surface area contributed by atoms with E-state index in [2.05, 4.69) is 26.8 Å². The fourth-order valence-electron chi connectivity index (χ4n) is 3.31. The zero-order chi connectivity index (χ0) is 9.69. The number of allylic oxidation sites excluding steroid dienone is 2. The second kappa shape index (κ2) is 2.38. The molecule has 2 aliphatic carbocycles. The summed E-state index contributed by atoms with van der Waals surface area (Å²) >= 11 is 0. The fraction of sp³-hybridized carbons (Fsp3) is 0.750. The van der Waals surface area contributed by atoms with E-state index in [1.807, 2.05) is 0 Å². The van der Waals surface area contributed by atoms with Gasteiger partial charge in [0.05, 0.1) is 6.07 Å². The number of hydrogen-bond donors (Lipinski definition) is 0. The second-order valence-electron chi connectivity index (χ2n) is 5.29. The smallest absolute Gasteiger partial charge is 0.0911 e. The molecule has 0 aromatic heterocycles. The van der Waals surface area contributed by atoms with Gasteiger partial charge in [-0.3, -0.25) is 0 Å². The lowest BCUT2D eigenvalue weighted by molar-refractivity contribution is 0.179. The van der Waals surface area contributed by atoms with Gasteiger partial charge in [0.2, 0.25) is 0 Å². The van der Waals surface area contributed by atoms with Crippen molar-refractivity contribution in [1.29, 1.82) is 5.26 Å². The largest absolute Gasteiger partial charge is 0.193 e. The van der Waals surface area contributed by atoms with Crippen molar-refractivity contribution < 1.29 is 0 Å². The fourth-order valence-corrected chi connectivity index (χ4v) is 3.31. The van der Waals surface area contributed by atoms with Crippen LogP contribution in [0.2, 0.25) is 0 Å². The summed E-state index contributed by atoms with van der Waals surface area (Å²) in [4.78, 5) is 0. The van der Waals surface area contributed by atoms with Crippen molar-refractivity contribution in [2.75, 3.05) is 0 Å². The van der Waals surface area contributed by atoms with Crippen molar-refractivity contribution in [2.24, 2.45) is 16.7 Å². The Balaban J connectivity index is 2.45. The van der Waals surface area contributed by atoms with E-state index in [1.165, 1.54) is 18.4 Å². The molecule has 0 amide bonds. The van der Waals surface area contributed by atoms with Crippen LogP contribution < -0.4 is 0 Å². The van der Waals surface area contributed by atoms with Crippen LogP contribution in [0.25, 0.3) is 0 Å². The molecule has 0 aliphatic heterocycles. The van der Waals surface area contributed by atoms with E-state index < -0.39 is 0 Å². The van der Waals surface area contributed by atoms with Gasteiger partial charge in [-0.05, 0) is 36.0 Å². The lowest BCUT2D eigenvalue weighted by atomic mass is 9.69. The van der Waals surface area contributed by atoms with Crippen LogP contribution in [-0.4, -0.2) is 0 Å². The van der Waals surface area contributed by atoms with Gasteiger partial charge in [0, 0.05) is 6.08 Å². The molecular weight excluding hydrogens is 158 g/mol. The molecule has 2 saturated carbocycles. The third-order valence-electron chi connectivity index (χ3n) is 4.85. The molecule has 70 valence electrons. The van der Waals surface area contributed by atoms with E-state index in [0.29, 0.717) is 10.8 Å². The minimum Gasteiger partial charge on any atom is -0.193 e. The van der Waals surface area contributed by atoms with E-state index in [-0.39, 0.29) is 0 Å². The molecule has 2 fully saturated rings. The number of hydrogen-bond acceptors (Lipinski definition) is 1. The van der Waals surface area contributed by atoms with Gasteiger partial charge in [-0.1, -0.05) is 26.3 Å². The topological polar surface area (TPSA) is 23.8 Å². The Labute approximate surface area is 80.4 Å². The van der Waals surface area contributed by atoms with Gasteiger partial charge in [-0.25, -0.2) is 0 Å². The van der Waals surface area contributed by atoms with Crippen molar-refractivity contribution in [2.45, 2.75) is 40.0 Å². The first kappa shape index (κ1) is 8.81. The highest BCUT2D eigenvalue weighted by Gasteiger charge is 2.58. The molecular formula is C12H17N. The zero-order valence-electron chi connectivity index (χ0n) is 8.72. The minimum absolute atomic E-state index is 0.313. The number of nitriles is 1. The van der Waals surface area contributed by atoms with Crippen LogP contribution in [-0.2, 0) is 0 Å². The van der Waals surface area contributed by atoms with Gasteiger partial charge in [0.25, 0.3) is 0 Å². The van der Waals surface area contributed by atoms with Crippen LogP contribution in [0, 0.1) is 28.1 Å². The van der Waals surface area contributed by atoms with Crippen LogP contribution in [0.1, 0.15) is 40.0 Å². The standard InChI is InChI=1S/C12H17N/c1-11(2)9-4-6-12(11,3)10(8-9)5-7-13/h5,9H,4,6,8H2,1-3H3/b10-5+/t9-,12+/m1/s1. The molecule has 0 aromatic carbocycles. The summed E-state index contributed by atoms with van der Waals surface area (Å²) in [5.41, 5.74) is 2.12. The Bertz CT molecular complexity index is 306. The first-order valence-electron chi connectivity index (χ1n) is 5.11. The maximum atomic E-state index is 8.71. The van der Waals surface area contributed by atoms with Crippen molar-refractivity contribution in [3.05, 3.63) is 11.6 Å². The number of nitrogens with zero attached hydrogens (tertiary/aromatic N) is 1. The van der Waals surface area contributed by atoms with E-state index in [0.717, 1.165) is 12.3 Å². The lowest BCUT2D eigenvalue weighted by Crippen LogP contribution is -2.27. The summed E-state index contributed by atoms with van der Waals surface area (Å²) in [6.45, 7) is 7.06. The average molecular weight is 175 g/mol. The van der Waals surface area contributed by atoms with Crippen molar-refractivity contribution >= 4 is 0 Å². The Morgan fingerprint density at radius 3 is 2.54 bits per heavy atom. The summed E-state index contributed by atoms with van der Waals surface area (Å²) in [6, 6.07) is 2.20. The van der Waals surface area contributed by atoms with E-state index in [9.17, 15) is 0 Å².